The third kappa shape index (κ3) is 4.38. The SMILES string of the molecule is CCc1nn(CC(=O)NC2CCC(O)CC2)c(=O)c2ccc(C(C)C)cc12. The molecular weight excluding hydrogens is 342 g/mol. The molecule has 0 bridgehead atoms. The van der Waals surface area contributed by atoms with Crippen molar-refractivity contribution in [2.24, 2.45) is 0 Å². The van der Waals surface area contributed by atoms with E-state index in [-0.39, 0.29) is 30.2 Å². The van der Waals surface area contributed by atoms with Crippen LogP contribution in [0.2, 0.25) is 0 Å². The van der Waals surface area contributed by atoms with Gasteiger partial charge in [0.25, 0.3) is 5.56 Å². The Morgan fingerprint density at radius 1 is 1.26 bits per heavy atom. The van der Waals surface area contributed by atoms with Gasteiger partial charge in [0.15, 0.2) is 0 Å². The largest absolute Gasteiger partial charge is 0.393 e. The quantitative estimate of drug-likeness (QED) is 0.846. The van der Waals surface area contributed by atoms with E-state index in [0.29, 0.717) is 30.6 Å². The summed E-state index contributed by atoms with van der Waals surface area (Å²) >= 11 is 0. The standard InChI is InChI=1S/C21H29N3O3/c1-4-19-18-11-14(13(2)3)5-10-17(18)21(27)24(23-19)12-20(26)22-15-6-8-16(25)9-7-15/h5,10-11,13,15-16,25H,4,6-9,12H2,1-3H3,(H,22,26). The number of aromatic nitrogens is 2. The van der Waals surface area contributed by atoms with Crippen molar-refractivity contribution < 1.29 is 9.90 Å². The summed E-state index contributed by atoms with van der Waals surface area (Å²) in [5.74, 6) is 0.174. The normalized spacial score (nSPS) is 20.2. The van der Waals surface area contributed by atoms with Gasteiger partial charge in [-0.05, 0) is 55.7 Å². The highest BCUT2D eigenvalue weighted by molar-refractivity contribution is 5.85. The monoisotopic (exact) mass is 371 g/mol. The van der Waals surface area contributed by atoms with E-state index in [1.807, 2.05) is 25.1 Å². The number of fused-ring (bicyclic) bond motifs is 1. The zero-order chi connectivity index (χ0) is 19.6. The molecule has 2 aromatic rings. The lowest BCUT2D eigenvalue weighted by atomic mass is 9.93. The minimum atomic E-state index is -0.259. The van der Waals surface area contributed by atoms with E-state index in [2.05, 4.69) is 24.3 Å². The second-order valence-corrected chi connectivity index (χ2v) is 7.80. The third-order valence-corrected chi connectivity index (χ3v) is 5.42. The highest BCUT2D eigenvalue weighted by Gasteiger charge is 2.21. The lowest BCUT2D eigenvalue weighted by Crippen LogP contribution is -2.42. The van der Waals surface area contributed by atoms with Gasteiger partial charge >= 0.3 is 0 Å². The number of hydrogen-bond acceptors (Lipinski definition) is 4. The Morgan fingerprint density at radius 2 is 1.96 bits per heavy atom. The summed E-state index contributed by atoms with van der Waals surface area (Å²) in [6, 6.07) is 5.94. The number of aliphatic hydroxyl groups excluding tert-OH is 1. The van der Waals surface area contributed by atoms with Gasteiger partial charge in [-0.3, -0.25) is 9.59 Å². The number of aliphatic hydroxyl groups is 1. The number of benzene rings is 1. The van der Waals surface area contributed by atoms with Crippen LogP contribution in [0.4, 0.5) is 0 Å². The molecule has 0 radical (unpaired) electrons. The molecule has 3 rings (SSSR count). The van der Waals surface area contributed by atoms with Crippen molar-refractivity contribution in [3.05, 3.63) is 39.8 Å². The maximum absolute atomic E-state index is 12.8. The molecule has 1 amide bonds. The maximum Gasteiger partial charge on any atom is 0.275 e. The molecule has 1 heterocycles. The molecule has 1 aliphatic carbocycles. The predicted molar refractivity (Wildman–Crippen MR) is 106 cm³/mol. The van der Waals surface area contributed by atoms with Crippen molar-refractivity contribution in [2.45, 2.75) is 77.5 Å². The van der Waals surface area contributed by atoms with Crippen LogP contribution in [-0.2, 0) is 17.8 Å². The van der Waals surface area contributed by atoms with Crippen LogP contribution in [0.5, 0.6) is 0 Å². The molecular formula is C21H29N3O3. The average Bonchev–Trinajstić information content (AvgIpc) is 2.65. The van der Waals surface area contributed by atoms with Crippen molar-refractivity contribution in [3.8, 4) is 0 Å². The van der Waals surface area contributed by atoms with E-state index in [9.17, 15) is 14.7 Å². The molecule has 146 valence electrons. The molecule has 1 aliphatic rings. The van der Waals surface area contributed by atoms with Crippen LogP contribution in [0.15, 0.2) is 23.0 Å². The van der Waals surface area contributed by atoms with Gasteiger partial charge in [-0.1, -0.05) is 26.8 Å². The van der Waals surface area contributed by atoms with Crippen molar-refractivity contribution >= 4 is 16.7 Å². The average molecular weight is 371 g/mol. The van der Waals surface area contributed by atoms with Gasteiger partial charge in [0.2, 0.25) is 5.91 Å². The molecule has 2 N–H and O–H groups in total. The third-order valence-electron chi connectivity index (χ3n) is 5.42. The highest BCUT2D eigenvalue weighted by Crippen LogP contribution is 2.22. The Bertz CT molecular complexity index is 880. The number of aryl methyl sites for hydroxylation is 1. The van der Waals surface area contributed by atoms with Gasteiger partial charge in [0.05, 0.1) is 17.2 Å². The van der Waals surface area contributed by atoms with Crippen molar-refractivity contribution in [2.75, 3.05) is 0 Å². The summed E-state index contributed by atoms with van der Waals surface area (Å²) in [4.78, 5) is 25.3. The molecule has 1 fully saturated rings. The van der Waals surface area contributed by atoms with Crippen LogP contribution in [0.25, 0.3) is 10.8 Å². The first-order valence-corrected chi connectivity index (χ1v) is 9.90. The number of amides is 1. The first kappa shape index (κ1) is 19.5. The molecule has 0 atom stereocenters. The Morgan fingerprint density at radius 3 is 2.59 bits per heavy atom. The van der Waals surface area contributed by atoms with Crippen LogP contribution in [0.1, 0.15) is 63.6 Å². The van der Waals surface area contributed by atoms with Crippen LogP contribution in [-0.4, -0.2) is 32.9 Å². The van der Waals surface area contributed by atoms with Crippen LogP contribution in [0, 0.1) is 0 Å². The topological polar surface area (TPSA) is 84.2 Å². The number of nitrogens with zero attached hydrogens (tertiary/aromatic N) is 2. The van der Waals surface area contributed by atoms with E-state index >= 15 is 0 Å². The number of rotatable bonds is 5. The van der Waals surface area contributed by atoms with Crippen LogP contribution < -0.4 is 10.9 Å². The summed E-state index contributed by atoms with van der Waals surface area (Å²) < 4.78 is 1.28. The lowest BCUT2D eigenvalue weighted by molar-refractivity contribution is -0.123. The zero-order valence-corrected chi connectivity index (χ0v) is 16.4. The predicted octanol–water partition coefficient (Wildman–Crippen LogP) is 2.50. The van der Waals surface area contributed by atoms with Crippen molar-refractivity contribution in [1.82, 2.24) is 15.1 Å². The number of carbonyl (C=O) groups is 1. The molecule has 1 aromatic heterocycles. The van der Waals surface area contributed by atoms with Gasteiger partial charge in [-0.15, -0.1) is 0 Å². The first-order valence-electron chi connectivity index (χ1n) is 9.90. The van der Waals surface area contributed by atoms with E-state index in [0.717, 1.165) is 23.9 Å². The van der Waals surface area contributed by atoms with E-state index < -0.39 is 0 Å². The summed E-state index contributed by atoms with van der Waals surface area (Å²) in [6.45, 7) is 6.17. The Balaban J connectivity index is 1.84. The zero-order valence-electron chi connectivity index (χ0n) is 16.4. The first-order chi connectivity index (χ1) is 12.9. The second-order valence-electron chi connectivity index (χ2n) is 7.80. The molecule has 0 aliphatic heterocycles. The van der Waals surface area contributed by atoms with E-state index in [4.69, 9.17) is 0 Å². The Labute approximate surface area is 159 Å². The smallest absolute Gasteiger partial charge is 0.275 e. The fourth-order valence-electron chi connectivity index (χ4n) is 3.73. The number of carbonyl (C=O) groups excluding carboxylic acids is 1. The van der Waals surface area contributed by atoms with E-state index in [1.165, 1.54) is 10.2 Å². The Kier molecular flexibility index (Phi) is 5.95. The van der Waals surface area contributed by atoms with Gasteiger partial charge in [0.1, 0.15) is 6.54 Å². The number of nitrogens with one attached hydrogen (secondary N) is 1. The van der Waals surface area contributed by atoms with Gasteiger partial charge in [-0.2, -0.15) is 5.10 Å². The van der Waals surface area contributed by atoms with Crippen LogP contribution >= 0.6 is 0 Å². The second kappa shape index (κ2) is 8.21. The van der Waals surface area contributed by atoms with Crippen molar-refractivity contribution in [3.63, 3.8) is 0 Å². The molecule has 0 spiro atoms. The maximum atomic E-state index is 12.8. The van der Waals surface area contributed by atoms with Gasteiger partial charge in [0, 0.05) is 11.4 Å². The fourth-order valence-corrected chi connectivity index (χ4v) is 3.73. The Hall–Kier alpha value is -2.21. The minimum absolute atomic E-state index is 0.0660. The molecule has 1 saturated carbocycles. The molecule has 0 saturated heterocycles. The molecule has 27 heavy (non-hydrogen) atoms. The van der Waals surface area contributed by atoms with E-state index in [1.54, 1.807) is 0 Å². The molecule has 6 nitrogen and oxygen atoms in total. The fraction of sp³-hybridized carbons (Fsp3) is 0.571. The van der Waals surface area contributed by atoms with Gasteiger partial charge < -0.3 is 10.4 Å². The van der Waals surface area contributed by atoms with Gasteiger partial charge in [-0.25, -0.2) is 4.68 Å². The minimum Gasteiger partial charge on any atom is -0.393 e. The lowest BCUT2D eigenvalue weighted by Gasteiger charge is -2.26. The number of hydrogen-bond donors (Lipinski definition) is 2. The summed E-state index contributed by atoms with van der Waals surface area (Å²) in [5.41, 5.74) is 1.78. The highest BCUT2D eigenvalue weighted by atomic mass is 16.3. The molecule has 0 unspecified atom stereocenters. The summed E-state index contributed by atoms with van der Waals surface area (Å²) in [6.07, 6.45) is 3.39. The van der Waals surface area contributed by atoms with Crippen LogP contribution in [0.3, 0.4) is 0 Å². The molecule has 6 heteroatoms. The molecule has 1 aromatic carbocycles. The summed E-state index contributed by atoms with van der Waals surface area (Å²) in [7, 11) is 0. The van der Waals surface area contributed by atoms with Crippen molar-refractivity contribution in [1.29, 1.82) is 0 Å². The summed E-state index contributed by atoms with van der Waals surface area (Å²) in [5, 5.41) is 18.5.